The maximum absolute atomic E-state index is 12.3. The highest BCUT2D eigenvalue weighted by Crippen LogP contribution is 2.36. The molecule has 1 aromatic rings. The molecule has 0 aliphatic rings. The lowest BCUT2D eigenvalue weighted by Crippen LogP contribution is -2.41. The molecule has 1 amide bonds. The van der Waals surface area contributed by atoms with Crippen molar-refractivity contribution in [2.75, 3.05) is 6.61 Å². The maximum atomic E-state index is 12.3. The van der Waals surface area contributed by atoms with Crippen LogP contribution < -0.4 is 5.32 Å². The van der Waals surface area contributed by atoms with Crippen LogP contribution in [0.1, 0.15) is 66.1 Å². The van der Waals surface area contributed by atoms with Crippen LogP contribution in [0.2, 0.25) is 18.1 Å². The van der Waals surface area contributed by atoms with Crippen molar-refractivity contribution in [1.29, 1.82) is 0 Å². The third-order valence-electron chi connectivity index (χ3n) is 4.69. The molecule has 27 heavy (non-hydrogen) atoms. The molecular weight excluding hydrogens is 424 g/mol. The Balaban J connectivity index is 2.74. The van der Waals surface area contributed by atoms with Crippen LogP contribution in [-0.4, -0.2) is 31.6 Å². The summed E-state index contributed by atoms with van der Waals surface area (Å²) < 4.78 is 12.4. The van der Waals surface area contributed by atoms with Crippen LogP contribution in [0.3, 0.4) is 0 Å². The van der Waals surface area contributed by atoms with Crippen LogP contribution in [0.4, 0.5) is 4.79 Å². The highest BCUT2D eigenvalue weighted by molar-refractivity contribution is 9.10. The molecule has 0 unspecified atom stereocenters. The van der Waals surface area contributed by atoms with E-state index in [9.17, 15) is 4.79 Å². The number of carbonyl (C=O) groups excluding carboxylic acids is 1. The van der Waals surface area contributed by atoms with Crippen molar-refractivity contribution >= 4 is 30.3 Å². The van der Waals surface area contributed by atoms with Gasteiger partial charge in [0.15, 0.2) is 8.32 Å². The normalized spacial score (nSPS) is 14.0. The summed E-state index contributed by atoms with van der Waals surface area (Å²) in [5.74, 6) is 0. The number of pyridine rings is 1. The average molecular weight is 460 g/mol. The van der Waals surface area contributed by atoms with E-state index in [0.29, 0.717) is 6.61 Å². The first-order valence-electron chi connectivity index (χ1n) is 9.47. The minimum atomic E-state index is -1.76. The van der Waals surface area contributed by atoms with Gasteiger partial charge in [-0.1, -0.05) is 26.8 Å². The highest BCUT2D eigenvalue weighted by atomic mass is 79.9. The van der Waals surface area contributed by atoms with Gasteiger partial charge in [-0.3, -0.25) is 0 Å². The van der Waals surface area contributed by atoms with E-state index in [0.717, 1.165) is 23.1 Å². The van der Waals surface area contributed by atoms with Crippen LogP contribution >= 0.6 is 15.9 Å². The molecule has 5 nitrogen and oxygen atoms in total. The summed E-state index contributed by atoms with van der Waals surface area (Å²) in [5.41, 5.74) is 0.271. The lowest BCUT2D eigenvalue weighted by Gasteiger charge is -2.36. The molecule has 0 saturated heterocycles. The fourth-order valence-electron chi connectivity index (χ4n) is 2.19. The van der Waals surface area contributed by atoms with E-state index in [1.165, 1.54) is 0 Å². The van der Waals surface area contributed by atoms with Gasteiger partial charge in [-0.25, -0.2) is 9.78 Å². The monoisotopic (exact) mass is 458 g/mol. The molecule has 0 aliphatic heterocycles. The number of halogens is 1. The number of ether oxygens (including phenoxy) is 1. The quantitative estimate of drug-likeness (QED) is 0.299. The minimum absolute atomic E-state index is 0.188. The summed E-state index contributed by atoms with van der Waals surface area (Å²) >= 11 is 3.40. The van der Waals surface area contributed by atoms with E-state index in [-0.39, 0.29) is 11.1 Å². The first-order chi connectivity index (χ1) is 12.2. The van der Waals surface area contributed by atoms with Gasteiger partial charge in [0, 0.05) is 6.61 Å². The molecular formula is C20H35BrN2O3Si. The molecule has 1 atom stereocenters. The van der Waals surface area contributed by atoms with Gasteiger partial charge in [-0.05, 0) is 79.8 Å². The Kier molecular flexibility index (Phi) is 8.50. The fourth-order valence-corrected chi connectivity index (χ4v) is 3.64. The summed E-state index contributed by atoms with van der Waals surface area (Å²) in [5, 5.41) is 3.14. The Morgan fingerprint density at radius 3 is 2.37 bits per heavy atom. The molecule has 0 aromatic carbocycles. The van der Waals surface area contributed by atoms with Crippen molar-refractivity contribution in [3.8, 4) is 0 Å². The van der Waals surface area contributed by atoms with Crippen molar-refractivity contribution in [2.45, 2.75) is 84.2 Å². The van der Waals surface area contributed by atoms with Crippen LogP contribution in [0.15, 0.2) is 22.8 Å². The van der Waals surface area contributed by atoms with E-state index in [4.69, 9.17) is 9.16 Å². The van der Waals surface area contributed by atoms with Crippen molar-refractivity contribution in [3.63, 3.8) is 0 Å². The van der Waals surface area contributed by atoms with Crippen LogP contribution in [-0.2, 0) is 9.16 Å². The predicted octanol–water partition coefficient (Wildman–Crippen LogP) is 6.21. The van der Waals surface area contributed by atoms with E-state index in [1.807, 2.05) is 39.0 Å². The minimum Gasteiger partial charge on any atom is -0.444 e. The van der Waals surface area contributed by atoms with Gasteiger partial charge in [0.25, 0.3) is 0 Å². The van der Waals surface area contributed by atoms with E-state index in [1.54, 1.807) is 0 Å². The standard InChI is InChI=1S/C20H35BrN2O3Si/c1-19(2,3)26-18(24)23-16(15-11-9-13-17(21)22-15)12-10-14-25-27(7,8)20(4,5)6/h9,11,13,16H,10,12,14H2,1-8H3,(H,23,24)/t16-/m0/s1. The molecule has 0 bridgehead atoms. The summed E-state index contributed by atoms with van der Waals surface area (Å²) in [6.07, 6.45) is 1.14. The van der Waals surface area contributed by atoms with Crippen LogP contribution in [0.25, 0.3) is 0 Å². The van der Waals surface area contributed by atoms with Crippen molar-refractivity contribution < 1.29 is 14.0 Å². The van der Waals surface area contributed by atoms with Gasteiger partial charge in [-0.15, -0.1) is 0 Å². The Morgan fingerprint density at radius 1 is 1.22 bits per heavy atom. The molecule has 1 rings (SSSR count). The number of aromatic nitrogens is 1. The maximum Gasteiger partial charge on any atom is 0.408 e. The smallest absolute Gasteiger partial charge is 0.408 e. The fraction of sp³-hybridized carbons (Fsp3) is 0.700. The molecule has 0 spiro atoms. The Hall–Kier alpha value is -0.923. The molecule has 0 radical (unpaired) electrons. The second kappa shape index (κ2) is 9.52. The van der Waals surface area contributed by atoms with Gasteiger partial charge < -0.3 is 14.5 Å². The Morgan fingerprint density at radius 2 is 1.85 bits per heavy atom. The summed E-state index contributed by atoms with van der Waals surface area (Å²) in [6.45, 7) is 17.4. The average Bonchev–Trinajstić information content (AvgIpc) is 2.47. The number of nitrogens with one attached hydrogen (secondary N) is 1. The molecule has 1 heterocycles. The lowest BCUT2D eigenvalue weighted by atomic mass is 10.1. The zero-order valence-electron chi connectivity index (χ0n) is 18.0. The molecule has 154 valence electrons. The van der Waals surface area contributed by atoms with Gasteiger partial charge in [-0.2, -0.15) is 0 Å². The Labute approximate surface area is 173 Å². The zero-order valence-corrected chi connectivity index (χ0v) is 20.6. The summed E-state index contributed by atoms with van der Waals surface area (Å²) in [6, 6.07) is 5.48. The van der Waals surface area contributed by atoms with E-state index >= 15 is 0 Å². The number of hydrogen-bond acceptors (Lipinski definition) is 4. The molecule has 0 aliphatic carbocycles. The number of alkyl carbamates (subject to hydrolysis) is 1. The third kappa shape index (κ3) is 8.75. The molecule has 1 aromatic heterocycles. The molecule has 0 fully saturated rings. The predicted molar refractivity (Wildman–Crippen MR) is 116 cm³/mol. The lowest BCUT2D eigenvalue weighted by molar-refractivity contribution is 0.0497. The zero-order chi connectivity index (χ0) is 20.9. The Bertz CT molecular complexity index is 624. The van der Waals surface area contributed by atoms with Crippen molar-refractivity contribution in [3.05, 3.63) is 28.5 Å². The van der Waals surface area contributed by atoms with E-state index in [2.05, 4.69) is 60.1 Å². The molecule has 1 N–H and O–H groups in total. The van der Waals surface area contributed by atoms with Crippen LogP contribution in [0.5, 0.6) is 0 Å². The molecule has 0 saturated carbocycles. The van der Waals surface area contributed by atoms with Crippen molar-refractivity contribution in [1.82, 2.24) is 10.3 Å². The van der Waals surface area contributed by atoms with Gasteiger partial charge >= 0.3 is 6.09 Å². The highest BCUT2D eigenvalue weighted by Gasteiger charge is 2.36. The van der Waals surface area contributed by atoms with E-state index < -0.39 is 20.0 Å². The SMILES string of the molecule is CC(C)(C)OC(=O)N[C@@H](CCCO[Si](C)(C)C(C)(C)C)c1cccc(Br)n1. The number of hydrogen-bond donors (Lipinski definition) is 1. The van der Waals surface area contributed by atoms with Gasteiger partial charge in [0.05, 0.1) is 11.7 Å². The third-order valence-corrected chi connectivity index (χ3v) is 9.67. The topological polar surface area (TPSA) is 60.5 Å². The van der Waals surface area contributed by atoms with Gasteiger partial charge in [0.1, 0.15) is 10.2 Å². The number of carbonyl (C=O) groups is 1. The summed E-state index contributed by atoms with van der Waals surface area (Å²) in [7, 11) is -1.76. The first kappa shape index (κ1) is 24.1. The first-order valence-corrected chi connectivity index (χ1v) is 13.2. The summed E-state index contributed by atoms with van der Waals surface area (Å²) in [4.78, 5) is 16.8. The largest absolute Gasteiger partial charge is 0.444 e. The van der Waals surface area contributed by atoms with Gasteiger partial charge in [0.2, 0.25) is 0 Å². The second-order valence-electron chi connectivity index (χ2n) is 9.33. The second-order valence-corrected chi connectivity index (χ2v) is 15.0. The number of amides is 1. The molecule has 7 heteroatoms. The van der Waals surface area contributed by atoms with Crippen LogP contribution in [0, 0.1) is 0 Å². The van der Waals surface area contributed by atoms with Crippen molar-refractivity contribution in [2.24, 2.45) is 0 Å². The number of nitrogens with zero attached hydrogens (tertiary/aromatic N) is 1. The number of rotatable bonds is 7.